The van der Waals surface area contributed by atoms with Gasteiger partial charge in [-0.05, 0) is 6.92 Å². The van der Waals surface area contributed by atoms with Gasteiger partial charge in [0.15, 0.2) is 0 Å². The van der Waals surface area contributed by atoms with E-state index in [9.17, 15) is 0 Å². The van der Waals surface area contributed by atoms with Crippen LogP contribution in [-0.4, -0.2) is 51.9 Å². The molecule has 3 nitrogen and oxygen atoms in total. The number of nitrogens with one attached hydrogen (secondary N) is 2. The first kappa shape index (κ1) is 10.4. The van der Waals surface area contributed by atoms with Crippen molar-refractivity contribution in [1.29, 1.82) is 0 Å². The molecule has 0 spiro atoms. The van der Waals surface area contributed by atoms with E-state index in [0.717, 1.165) is 6.04 Å². The Morgan fingerprint density at radius 3 is 2.29 bits per heavy atom. The Hall–Kier alpha value is -0.120. The van der Waals surface area contributed by atoms with Gasteiger partial charge in [0.05, 0.1) is 25.7 Å². The fraction of sp³-hybridized carbons (Fsp3) is 1.00. The van der Waals surface area contributed by atoms with Gasteiger partial charge >= 0.3 is 0 Å². The molecule has 2 saturated heterocycles. The van der Waals surface area contributed by atoms with Crippen molar-refractivity contribution in [2.45, 2.75) is 25.8 Å². The number of likely N-dealkylation sites (N-methyl/N-ethyl adjacent to an activating group) is 1. The molecule has 0 atom stereocenters. The van der Waals surface area contributed by atoms with Gasteiger partial charge in [0, 0.05) is 12.8 Å². The second-order valence-corrected chi connectivity index (χ2v) is 4.90. The first-order chi connectivity index (χ1) is 6.90. The molecular formula is C11H26N3+3. The molecule has 2 rings (SSSR count). The lowest BCUT2D eigenvalue weighted by atomic mass is 10.0. The number of nitrogens with two attached hydrogens (primary N) is 1. The highest BCUT2D eigenvalue weighted by molar-refractivity contribution is 4.59. The average Bonchev–Trinajstić information content (AvgIpc) is 2.30. The van der Waals surface area contributed by atoms with Crippen molar-refractivity contribution in [3.05, 3.63) is 0 Å². The third kappa shape index (κ3) is 2.47. The molecule has 0 aromatic carbocycles. The van der Waals surface area contributed by atoms with Gasteiger partial charge in [-0.25, -0.2) is 0 Å². The SMILES string of the molecule is CC[NH+]1CC[NH+](C2CC[NH2+]CC2)CC1. The van der Waals surface area contributed by atoms with Gasteiger partial charge in [-0.15, -0.1) is 0 Å². The summed E-state index contributed by atoms with van der Waals surface area (Å²) in [5.74, 6) is 0. The topological polar surface area (TPSA) is 25.5 Å². The van der Waals surface area contributed by atoms with Gasteiger partial charge in [0.25, 0.3) is 0 Å². The zero-order chi connectivity index (χ0) is 9.80. The van der Waals surface area contributed by atoms with Gasteiger partial charge < -0.3 is 15.1 Å². The van der Waals surface area contributed by atoms with Crippen LogP contribution in [0.25, 0.3) is 0 Å². The lowest BCUT2D eigenvalue weighted by Gasteiger charge is -2.35. The minimum atomic E-state index is 0.999. The van der Waals surface area contributed by atoms with Gasteiger partial charge in [-0.1, -0.05) is 0 Å². The Bertz CT molecular complexity index is 158. The highest BCUT2D eigenvalue weighted by Gasteiger charge is 2.30. The number of hydrogen-bond acceptors (Lipinski definition) is 0. The van der Waals surface area contributed by atoms with E-state index in [1.165, 1.54) is 58.7 Å². The van der Waals surface area contributed by atoms with E-state index in [4.69, 9.17) is 0 Å². The fourth-order valence-corrected chi connectivity index (χ4v) is 3.02. The predicted octanol–water partition coefficient (Wildman–Crippen LogP) is -3.48. The minimum absolute atomic E-state index is 0.999. The van der Waals surface area contributed by atoms with Crippen LogP contribution in [0.5, 0.6) is 0 Å². The third-order valence-electron chi connectivity index (χ3n) is 4.12. The van der Waals surface area contributed by atoms with Crippen molar-refractivity contribution < 1.29 is 15.1 Å². The van der Waals surface area contributed by atoms with Crippen LogP contribution >= 0.6 is 0 Å². The summed E-state index contributed by atoms with van der Waals surface area (Å²) >= 11 is 0. The number of rotatable bonds is 2. The fourth-order valence-electron chi connectivity index (χ4n) is 3.02. The van der Waals surface area contributed by atoms with Crippen molar-refractivity contribution in [3.63, 3.8) is 0 Å². The largest absolute Gasteiger partial charge is 0.346 e. The van der Waals surface area contributed by atoms with Crippen LogP contribution in [0.2, 0.25) is 0 Å². The maximum atomic E-state index is 2.48. The Kier molecular flexibility index (Phi) is 3.79. The lowest BCUT2D eigenvalue weighted by molar-refractivity contribution is -1.03. The predicted molar refractivity (Wildman–Crippen MR) is 56.6 cm³/mol. The molecule has 14 heavy (non-hydrogen) atoms. The van der Waals surface area contributed by atoms with Crippen LogP contribution < -0.4 is 15.1 Å². The maximum absolute atomic E-state index is 2.48. The van der Waals surface area contributed by atoms with E-state index in [1.807, 2.05) is 9.80 Å². The summed E-state index contributed by atoms with van der Waals surface area (Å²) in [5.41, 5.74) is 0. The summed E-state index contributed by atoms with van der Waals surface area (Å²) in [6, 6.07) is 0.999. The van der Waals surface area contributed by atoms with E-state index < -0.39 is 0 Å². The van der Waals surface area contributed by atoms with Crippen LogP contribution in [0.3, 0.4) is 0 Å². The summed E-state index contributed by atoms with van der Waals surface area (Å²) in [6.07, 6.45) is 2.91. The van der Waals surface area contributed by atoms with E-state index in [-0.39, 0.29) is 0 Å². The summed E-state index contributed by atoms with van der Waals surface area (Å²) < 4.78 is 0. The van der Waals surface area contributed by atoms with E-state index >= 15 is 0 Å². The Morgan fingerprint density at radius 1 is 1.07 bits per heavy atom. The van der Waals surface area contributed by atoms with Gasteiger partial charge in [0.2, 0.25) is 0 Å². The number of piperazine rings is 1. The molecule has 3 heteroatoms. The molecule has 0 saturated carbocycles. The molecule has 82 valence electrons. The minimum Gasteiger partial charge on any atom is -0.346 e. The Morgan fingerprint density at radius 2 is 1.71 bits per heavy atom. The Labute approximate surface area is 87.4 Å². The van der Waals surface area contributed by atoms with Crippen LogP contribution in [0, 0.1) is 0 Å². The summed E-state index contributed by atoms with van der Waals surface area (Å²) in [4.78, 5) is 3.73. The standard InChI is InChI=1S/C11H23N3/c1-2-13-7-9-14(10-8-13)11-3-5-12-6-4-11/h11-12H,2-10H2,1H3/p+3. The first-order valence-corrected chi connectivity index (χ1v) is 6.40. The zero-order valence-corrected chi connectivity index (χ0v) is 9.52. The molecule has 0 unspecified atom stereocenters. The first-order valence-electron chi connectivity index (χ1n) is 6.40. The molecule has 0 radical (unpaired) electrons. The average molecular weight is 200 g/mol. The van der Waals surface area contributed by atoms with Crippen molar-refractivity contribution in [2.75, 3.05) is 45.8 Å². The van der Waals surface area contributed by atoms with Gasteiger partial charge in [-0.2, -0.15) is 0 Å². The molecule has 2 aliphatic rings. The molecule has 2 heterocycles. The van der Waals surface area contributed by atoms with Gasteiger partial charge in [-0.3, -0.25) is 0 Å². The molecule has 2 fully saturated rings. The van der Waals surface area contributed by atoms with Crippen molar-refractivity contribution in [3.8, 4) is 0 Å². The molecule has 0 aromatic heterocycles. The van der Waals surface area contributed by atoms with Crippen LogP contribution in [0.1, 0.15) is 19.8 Å². The summed E-state index contributed by atoms with van der Waals surface area (Å²) in [5, 5.41) is 2.48. The maximum Gasteiger partial charge on any atom is 0.127 e. The quantitative estimate of drug-likeness (QED) is 0.413. The second kappa shape index (κ2) is 5.10. The van der Waals surface area contributed by atoms with E-state index in [1.54, 1.807) is 0 Å². The molecule has 2 aliphatic heterocycles. The lowest BCUT2D eigenvalue weighted by Crippen LogP contribution is -3.30. The number of piperidine rings is 1. The molecule has 0 amide bonds. The van der Waals surface area contributed by atoms with Crippen LogP contribution in [-0.2, 0) is 0 Å². The zero-order valence-electron chi connectivity index (χ0n) is 9.52. The smallest absolute Gasteiger partial charge is 0.127 e. The van der Waals surface area contributed by atoms with Crippen molar-refractivity contribution in [2.24, 2.45) is 0 Å². The molecule has 0 aromatic rings. The van der Waals surface area contributed by atoms with E-state index in [0.29, 0.717) is 0 Å². The molecular weight excluding hydrogens is 174 g/mol. The molecule has 0 bridgehead atoms. The highest BCUT2D eigenvalue weighted by atomic mass is 15.3. The summed E-state index contributed by atoms with van der Waals surface area (Å²) in [7, 11) is 0. The van der Waals surface area contributed by atoms with Gasteiger partial charge in [0.1, 0.15) is 26.2 Å². The normalized spacial score (nSPS) is 35.8. The van der Waals surface area contributed by atoms with Crippen molar-refractivity contribution in [1.82, 2.24) is 0 Å². The summed E-state index contributed by atoms with van der Waals surface area (Å²) in [6.45, 7) is 12.1. The van der Waals surface area contributed by atoms with Crippen LogP contribution in [0.4, 0.5) is 0 Å². The van der Waals surface area contributed by atoms with Crippen molar-refractivity contribution >= 4 is 0 Å². The second-order valence-electron chi connectivity index (χ2n) is 4.90. The van der Waals surface area contributed by atoms with E-state index in [2.05, 4.69) is 12.2 Å². The Balaban J connectivity index is 1.76. The molecule has 0 aliphatic carbocycles. The monoisotopic (exact) mass is 200 g/mol. The third-order valence-corrected chi connectivity index (χ3v) is 4.12. The molecule has 4 N–H and O–H groups in total. The van der Waals surface area contributed by atoms with Crippen LogP contribution in [0.15, 0.2) is 0 Å². The number of hydrogen-bond donors (Lipinski definition) is 3. The highest BCUT2D eigenvalue weighted by Crippen LogP contribution is 1.93. The number of quaternary nitrogens is 3.